The minimum Gasteiger partial charge on any atom is -0.545 e. The molecule has 0 rings (SSSR count). The number of quaternary nitrogens is 1. The van der Waals surface area contributed by atoms with Crippen LogP contribution in [0.5, 0.6) is 0 Å². The quantitative estimate of drug-likeness (QED) is 0.0195. The van der Waals surface area contributed by atoms with Gasteiger partial charge < -0.3 is 33.3 Å². The van der Waals surface area contributed by atoms with Gasteiger partial charge in [0.1, 0.15) is 13.2 Å². The Labute approximate surface area is 555 Å². The van der Waals surface area contributed by atoms with E-state index in [1.807, 2.05) is 21.1 Å². The number of likely N-dealkylation sites (N-methyl/N-ethyl adjacent to an activating group) is 1. The van der Waals surface area contributed by atoms with E-state index in [1.54, 1.807) is 0 Å². The standard InChI is InChI=1S/C81H141NO8/c1-6-8-10-12-14-16-18-20-22-24-26-28-30-32-34-36-38-39-40-42-43-45-47-49-51-53-55-57-59-61-63-65-67-69-71-78(83)88-75-77(76-89-81(80(85)86)87-74-73-82(3,4)5)90-79(84)72-70-68-66-64-62-60-58-56-54-52-50-48-46-44-41-37-35-33-31-29-27-25-23-21-19-17-15-13-11-9-7-2/h9,11,15,17,21,23,27,29,33,35,41,44,48,50,54,56,60,62,77,81H,6-8,10,12-14,16,18-20,22,24-26,28,30-32,34,36-40,42-43,45-47,49,51-53,55,57-59,61,63-76H2,1-5H3/b11-9-,17-15-,23-21-,29-27-,35-33-,44-41-,50-48-,56-54-,62-60-. The van der Waals surface area contributed by atoms with Crippen molar-refractivity contribution in [2.45, 2.75) is 341 Å². The van der Waals surface area contributed by atoms with E-state index < -0.39 is 24.3 Å². The molecule has 0 fully saturated rings. The topological polar surface area (TPSA) is 111 Å². The zero-order valence-electron chi connectivity index (χ0n) is 59.2. The van der Waals surface area contributed by atoms with Crippen molar-refractivity contribution >= 4 is 17.9 Å². The van der Waals surface area contributed by atoms with Crippen LogP contribution in [0.3, 0.4) is 0 Å². The van der Waals surface area contributed by atoms with Crippen molar-refractivity contribution in [3.05, 3.63) is 109 Å². The molecule has 0 saturated carbocycles. The second-order valence-corrected chi connectivity index (χ2v) is 26.2. The third-order valence-electron chi connectivity index (χ3n) is 16.3. The van der Waals surface area contributed by atoms with Crippen molar-refractivity contribution in [2.75, 3.05) is 47.5 Å². The Morgan fingerprint density at radius 2 is 0.633 bits per heavy atom. The van der Waals surface area contributed by atoms with Crippen molar-refractivity contribution < 1.29 is 42.9 Å². The molecule has 0 aromatic carbocycles. The fourth-order valence-electron chi connectivity index (χ4n) is 10.6. The number of allylic oxidation sites excluding steroid dienone is 18. The van der Waals surface area contributed by atoms with E-state index in [4.69, 9.17) is 18.9 Å². The molecule has 0 bridgehead atoms. The summed E-state index contributed by atoms with van der Waals surface area (Å²) in [5, 5.41) is 11.8. The van der Waals surface area contributed by atoms with Crippen molar-refractivity contribution in [2.24, 2.45) is 0 Å². The van der Waals surface area contributed by atoms with Gasteiger partial charge in [-0.3, -0.25) is 9.59 Å². The number of carboxylic acids is 1. The average Bonchev–Trinajstić information content (AvgIpc) is 3.63. The van der Waals surface area contributed by atoms with E-state index in [0.717, 1.165) is 96.3 Å². The number of hydrogen-bond acceptors (Lipinski definition) is 8. The molecule has 0 heterocycles. The van der Waals surface area contributed by atoms with E-state index in [-0.39, 0.29) is 38.6 Å². The van der Waals surface area contributed by atoms with Gasteiger partial charge in [-0.1, -0.05) is 342 Å². The lowest BCUT2D eigenvalue weighted by molar-refractivity contribution is -0.870. The van der Waals surface area contributed by atoms with Gasteiger partial charge in [-0.2, -0.15) is 0 Å². The fraction of sp³-hybridized carbons (Fsp3) is 0.741. The highest BCUT2D eigenvalue weighted by Gasteiger charge is 2.22. The molecule has 9 nitrogen and oxygen atoms in total. The monoisotopic (exact) mass is 1260 g/mol. The van der Waals surface area contributed by atoms with Crippen molar-refractivity contribution in [3.8, 4) is 0 Å². The minimum absolute atomic E-state index is 0.137. The zero-order valence-corrected chi connectivity index (χ0v) is 59.2. The highest BCUT2D eigenvalue weighted by Crippen LogP contribution is 2.18. The van der Waals surface area contributed by atoms with Crippen LogP contribution in [-0.2, 0) is 33.3 Å². The van der Waals surface area contributed by atoms with Gasteiger partial charge in [0.25, 0.3) is 0 Å². The first-order chi connectivity index (χ1) is 44.1. The summed E-state index contributed by atoms with van der Waals surface area (Å²) in [6.45, 7) is 4.63. The largest absolute Gasteiger partial charge is 0.545 e. The minimum atomic E-state index is -1.64. The highest BCUT2D eigenvalue weighted by molar-refractivity contribution is 5.70. The summed E-state index contributed by atoms with van der Waals surface area (Å²) in [5.41, 5.74) is 0. The second kappa shape index (κ2) is 70.8. The molecule has 2 unspecified atom stereocenters. The molecule has 0 aliphatic heterocycles. The van der Waals surface area contributed by atoms with Crippen LogP contribution in [0.4, 0.5) is 0 Å². The molecule has 518 valence electrons. The number of unbranched alkanes of at least 4 members (excludes halogenated alkanes) is 36. The van der Waals surface area contributed by atoms with Gasteiger partial charge in [0.2, 0.25) is 0 Å². The molecule has 0 amide bonds. The SMILES string of the molecule is CC/C=C\C/C=C\C/C=C\C/C=C\C/C=C\C/C=C\C/C=C\C/C=C\C/C=C\CCCCCC(=O)OC(COC(=O)CCCCCCCCCCCCCCCCCCCCCCCCCCCCCCCCCCCC)COC(OCC[N+](C)(C)C)C(=O)[O-]. The Morgan fingerprint density at radius 3 is 0.944 bits per heavy atom. The third kappa shape index (κ3) is 71.4. The molecular weight excluding hydrogens is 1110 g/mol. The van der Waals surface area contributed by atoms with Gasteiger partial charge in [-0.15, -0.1) is 0 Å². The number of carbonyl (C=O) groups excluding carboxylic acids is 3. The predicted octanol–water partition coefficient (Wildman–Crippen LogP) is 22.4. The van der Waals surface area contributed by atoms with Crippen LogP contribution in [0.2, 0.25) is 0 Å². The van der Waals surface area contributed by atoms with Gasteiger partial charge in [0, 0.05) is 12.8 Å². The average molecular weight is 1260 g/mol. The Kier molecular flexibility index (Phi) is 67.6. The maximum Gasteiger partial charge on any atom is 0.306 e. The summed E-state index contributed by atoms with van der Waals surface area (Å²) < 4.78 is 22.8. The Balaban J connectivity index is 4.13. The molecule has 2 atom stereocenters. The molecule has 90 heavy (non-hydrogen) atoms. The smallest absolute Gasteiger partial charge is 0.306 e. The van der Waals surface area contributed by atoms with Gasteiger partial charge in [0.15, 0.2) is 12.4 Å². The highest BCUT2D eigenvalue weighted by atomic mass is 16.7. The summed E-state index contributed by atoms with van der Waals surface area (Å²) in [7, 11) is 5.92. The molecule has 0 spiro atoms. The Bertz CT molecular complexity index is 1850. The molecular formula is C81H141NO8. The van der Waals surface area contributed by atoms with Crippen LogP contribution in [0.1, 0.15) is 328 Å². The molecule has 9 heteroatoms. The van der Waals surface area contributed by atoms with Gasteiger partial charge in [-0.25, -0.2) is 0 Å². The van der Waals surface area contributed by atoms with Crippen molar-refractivity contribution in [3.63, 3.8) is 0 Å². The van der Waals surface area contributed by atoms with Crippen LogP contribution in [0.25, 0.3) is 0 Å². The van der Waals surface area contributed by atoms with E-state index in [1.165, 1.54) is 199 Å². The Hall–Kier alpha value is -4.05. The normalized spacial score (nSPS) is 13.3. The van der Waals surface area contributed by atoms with Gasteiger partial charge in [0.05, 0.1) is 40.3 Å². The lowest BCUT2D eigenvalue weighted by atomic mass is 10.0. The summed E-state index contributed by atoms with van der Waals surface area (Å²) in [6.07, 6.45) is 96.3. The summed E-state index contributed by atoms with van der Waals surface area (Å²) in [6, 6.07) is 0. The maximum absolute atomic E-state index is 12.9. The molecule has 0 aromatic rings. The summed E-state index contributed by atoms with van der Waals surface area (Å²) in [4.78, 5) is 37.5. The van der Waals surface area contributed by atoms with Gasteiger partial charge in [-0.05, 0) is 83.5 Å². The molecule has 0 radical (unpaired) electrons. The number of carbonyl (C=O) groups is 3. The second-order valence-electron chi connectivity index (χ2n) is 26.2. The van der Waals surface area contributed by atoms with E-state index in [2.05, 4.69) is 123 Å². The van der Waals surface area contributed by atoms with E-state index in [9.17, 15) is 19.5 Å². The number of rotatable bonds is 69. The zero-order chi connectivity index (χ0) is 65.4. The molecule has 0 saturated heterocycles. The van der Waals surface area contributed by atoms with Crippen LogP contribution in [0.15, 0.2) is 109 Å². The first-order valence-electron chi connectivity index (χ1n) is 37.5. The van der Waals surface area contributed by atoms with Crippen molar-refractivity contribution in [1.82, 2.24) is 0 Å². The maximum atomic E-state index is 12.9. The molecule has 0 aromatic heterocycles. The lowest BCUT2D eigenvalue weighted by Crippen LogP contribution is -2.44. The summed E-state index contributed by atoms with van der Waals surface area (Å²) >= 11 is 0. The lowest BCUT2D eigenvalue weighted by Gasteiger charge is -2.26. The number of nitrogens with zero attached hydrogens (tertiary/aromatic N) is 1. The molecule has 0 aliphatic rings. The van der Waals surface area contributed by atoms with Crippen LogP contribution in [0, 0.1) is 0 Å². The van der Waals surface area contributed by atoms with Crippen LogP contribution >= 0.6 is 0 Å². The van der Waals surface area contributed by atoms with Gasteiger partial charge >= 0.3 is 11.9 Å². The number of esters is 2. The fourth-order valence-corrected chi connectivity index (χ4v) is 10.6. The van der Waals surface area contributed by atoms with Crippen molar-refractivity contribution in [1.29, 1.82) is 0 Å². The molecule has 0 aliphatic carbocycles. The number of ether oxygens (including phenoxy) is 4. The predicted molar refractivity (Wildman–Crippen MR) is 384 cm³/mol. The number of aliphatic carboxylic acids is 1. The first-order valence-corrected chi connectivity index (χ1v) is 37.5. The molecule has 0 N–H and O–H groups in total. The number of carboxylic acid groups (broad SMARTS) is 1. The van der Waals surface area contributed by atoms with Crippen LogP contribution in [-0.4, -0.2) is 82.3 Å². The summed E-state index contributed by atoms with van der Waals surface area (Å²) in [5.74, 6) is -2.32. The third-order valence-corrected chi connectivity index (χ3v) is 16.3. The van der Waals surface area contributed by atoms with E-state index in [0.29, 0.717) is 17.4 Å². The number of hydrogen-bond donors (Lipinski definition) is 0. The Morgan fingerprint density at radius 1 is 0.344 bits per heavy atom. The first kappa shape index (κ1) is 85.9. The van der Waals surface area contributed by atoms with Crippen LogP contribution < -0.4 is 5.11 Å². The van der Waals surface area contributed by atoms with E-state index >= 15 is 0 Å².